The van der Waals surface area contributed by atoms with Gasteiger partial charge in [0.15, 0.2) is 0 Å². The van der Waals surface area contributed by atoms with Gasteiger partial charge in [-0.15, -0.1) is 0 Å². The SMILES string of the molecule is N#CC(=Cc1cccc(O)c1)C(=O)O.Nc1ccc(C(=O)O)c(O)c1.O=C(O)c1cc(-c2ccc(F)cc2F)ccc1O. The van der Waals surface area contributed by atoms with E-state index < -0.39 is 35.3 Å². The number of hydrogen-bond acceptors (Lipinski definition) is 8. The van der Waals surface area contributed by atoms with Crippen LogP contribution in [0.15, 0.2) is 84.4 Å². The van der Waals surface area contributed by atoms with E-state index in [0.29, 0.717) is 17.3 Å². The van der Waals surface area contributed by atoms with Gasteiger partial charge in [0.2, 0.25) is 0 Å². The molecule has 0 heterocycles. The Labute approximate surface area is 241 Å². The fourth-order valence-corrected chi connectivity index (χ4v) is 3.25. The highest BCUT2D eigenvalue weighted by atomic mass is 19.1. The van der Waals surface area contributed by atoms with Crippen LogP contribution in [0.4, 0.5) is 14.5 Å². The molecular weight excluding hydrogens is 570 g/mol. The van der Waals surface area contributed by atoms with Gasteiger partial charge in [0, 0.05) is 23.4 Å². The quantitative estimate of drug-likeness (QED) is 0.0918. The molecule has 0 unspecified atom stereocenters. The highest BCUT2D eigenvalue weighted by Gasteiger charge is 2.13. The first-order valence-corrected chi connectivity index (χ1v) is 11.7. The van der Waals surface area contributed by atoms with E-state index in [1.54, 1.807) is 18.2 Å². The van der Waals surface area contributed by atoms with Gasteiger partial charge in [-0.25, -0.2) is 23.2 Å². The maximum atomic E-state index is 13.5. The van der Waals surface area contributed by atoms with Gasteiger partial charge in [-0.3, -0.25) is 0 Å². The van der Waals surface area contributed by atoms with Gasteiger partial charge in [-0.05, 0) is 65.7 Å². The Bertz CT molecular complexity index is 1750. The lowest BCUT2D eigenvalue weighted by Gasteiger charge is -2.06. The Morgan fingerprint density at radius 1 is 0.767 bits per heavy atom. The van der Waals surface area contributed by atoms with Crippen molar-refractivity contribution in [3.63, 3.8) is 0 Å². The van der Waals surface area contributed by atoms with Crippen molar-refractivity contribution in [2.75, 3.05) is 5.73 Å². The summed E-state index contributed by atoms with van der Waals surface area (Å²) in [6.07, 6.45) is 1.20. The van der Waals surface area contributed by atoms with Crippen molar-refractivity contribution in [2.45, 2.75) is 0 Å². The standard InChI is InChI=1S/C13H8F2O3.C10H7NO3.C7H7NO3/c14-8-2-3-9(11(15)6-8)7-1-4-12(16)10(5-7)13(17)18;11-6-8(10(13)14)4-7-2-1-3-9(12)5-7;8-4-1-2-5(7(10)11)6(9)3-4/h1-6,16H,(H,17,18);1-5,12H,(H,13,14);1-3,9H,8H2,(H,10,11). The van der Waals surface area contributed by atoms with Gasteiger partial charge in [-0.2, -0.15) is 5.26 Å². The Morgan fingerprint density at radius 2 is 1.44 bits per heavy atom. The summed E-state index contributed by atoms with van der Waals surface area (Å²) in [7, 11) is 0. The van der Waals surface area contributed by atoms with Crippen LogP contribution in [0, 0.1) is 23.0 Å². The van der Waals surface area contributed by atoms with Crippen LogP contribution in [0.2, 0.25) is 0 Å². The van der Waals surface area contributed by atoms with Crippen LogP contribution in [0.25, 0.3) is 17.2 Å². The van der Waals surface area contributed by atoms with Crippen molar-refractivity contribution in [3.8, 4) is 34.4 Å². The first-order valence-electron chi connectivity index (χ1n) is 11.7. The number of hydrogen-bond donors (Lipinski definition) is 7. The second-order valence-corrected chi connectivity index (χ2v) is 8.31. The van der Waals surface area contributed by atoms with Crippen LogP contribution < -0.4 is 5.73 Å². The first kappa shape index (κ1) is 32.8. The molecule has 4 rings (SSSR count). The van der Waals surface area contributed by atoms with Crippen LogP contribution >= 0.6 is 0 Å². The molecule has 0 aliphatic carbocycles. The minimum absolute atomic E-state index is 0.0291. The van der Waals surface area contributed by atoms with Gasteiger partial charge in [0.1, 0.15) is 51.7 Å². The van der Waals surface area contributed by atoms with E-state index in [4.69, 9.17) is 36.5 Å². The van der Waals surface area contributed by atoms with Crippen molar-refractivity contribution in [3.05, 3.63) is 113 Å². The number of nitriles is 1. The summed E-state index contributed by atoms with van der Waals surface area (Å²) in [6, 6.07) is 18.1. The maximum Gasteiger partial charge on any atom is 0.346 e. The summed E-state index contributed by atoms with van der Waals surface area (Å²) in [6.45, 7) is 0. The van der Waals surface area contributed by atoms with Crippen molar-refractivity contribution in [1.82, 2.24) is 0 Å². The number of halogens is 2. The second-order valence-electron chi connectivity index (χ2n) is 8.31. The molecule has 0 radical (unpaired) electrons. The molecule has 0 amide bonds. The third-order valence-corrected chi connectivity index (χ3v) is 5.25. The third kappa shape index (κ3) is 9.62. The van der Waals surface area contributed by atoms with Crippen LogP contribution in [-0.4, -0.2) is 48.5 Å². The zero-order valence-electron chi connectivity index (χ0n) is 21.8. The van der Waals surface area contributed by atoms with Gasteiger partial charge in [0.05, 0.1) is 0 Å². The molecule has 0 bridgehead atoms. The molecule has 0 aliphatic rings. The highest BCUT2D eigenvalue weighted by Crippen LogP contribution is 2.28. The predicted molar refractivity (Wildman–Crippen MR) is 149 cm³/mol. The number of nitrogens with zero attached hydrogens (tertiary/aromatic N) is 1. The molecule has 4 aromatic rings. The number of anilines is 1. The van der Waals surface area contributed by atoms with E-state index in [1.807, 2.05) is 0 Å². The number of phenols is 3. The Kier molecular flexibility index (Phi) is 11.3. The molecular formula is C30H22F2N2O9. The molecule has 4 aromatic carbocycles. The number of benzene rings is 4. The highest BCUT2D eigenvalue weighted by molar-refractivity contribution is 5.96. The number of carbonyl (C=O) groups is 3. The number of nitrogen functional groups attached to an aromatic ring is 1. The molecule has 0 fully saturated rings. The second kappa shape index (κ2) is 14.8. The summed E-state index contributed by atoms with van der Waals surface area (Å²) < 4.78 is 26.3. The lowest BCUT2D eigenvalue weighted by molar-refractivity contribution is -0.132. The number of aliphatic carboxylic acids is 1. The van der Waals surface area contributed by atoms with Gasteiger partial charge in [0.25, 0.3) is 0 Å². The molecule has 0 saturated carbocycles. The predicted octanol–water partition coefficient (Wildman–Crippen LogP) is 5.09. The van der Waals surface area contributed by atoms with E-state index in [1.165, 1.54) is 48.5 Å². The fourth-order valence-electron chi connectivity index (χ4n) is 3.25. The monoisotopic (exact) mass is 592 g/mol. The lowest BCUT2D eigenvalue weighted by Crippen LogP contribution is -1.97. The molecule has 0 aromatic heterocycles. The van der Waals surface area contributed by atoms with Gasteiger partial charge >= 0.3 is 17.9 Å². The topological polar surface area (TPSA) is 222 Å². The van der Waals surface area contributed by atoms with E-state index in [0.717, 1.165) is 18.2 Å². The van der Waals surface area contributed by atoms with Crippen molar-refractivity contribution < 1.29 is 53.8 Å². The number of rotatable bonds is 5. The third-order valence-electron chi connectivity index (χ3n) is 5.25. The minimum atomic E-state index is -1.32. The Morgan fingerprint density at radius 3 is 1.98 bits per heavy atom. The Hall–Kier alpha value is -6.42. The average molecular weight is 593 g/mol. The molecule has 11 nitrogen and oxygen atoms in total. The maximum absolute atomic E-state index is 13.5. The van der Waals surface area contributed by atoms with Crippen molar-refractivity contribution in [2.24, 2.45) is 0 Å². The van der Waals surface area contributed by atoms with Crippen LogP contribution in [0.1, 0.15) is 26.3 Å². The molecule has 0 atom stereocenters. The summed E-state index contributed by atoms with van der Waals surface area (Å²) in [4.78, 5) is 31.6. The number of nitrogens with two attached hydrogens (primary N) is 1. The Balaban J connectivity index is 0.000000233. The van der Waals surface area contributed by atoms with E-state index >= 15 is 0 Å². The zero-order valence-corrected chi connectivity index (χ0v) is 21.8. The molecule has 220 valence electrons. The van der Waals surface area contributed by atoms with E-state index in [-0.39, 0.29) is 39.3 Å². The van der Waals surface area contributed by atoms with Crippen LogP contribution in [0.3, 0.4) is 0 Å². The molecule has 43 heavy (non-hydrogen) atoms. The van der Waals surface area contributed by atoms with Gasteiger partial charge in [-0.1, -0.05) is 18.2 Å². The fraction of sp³-hybridized carbons (Fsp3) is 0. The van der Waals surface area contributed by atoms with Gasteiger partial charge < -0.3 is 36.4 Å². The summed E-state index contributed by atoms with van der Waals surface area (Å²) in [5, 5.41) is 61.7. The van der Waals surface area contributed by atoms with Crippen LogP contribution in [0.5, 0.6) is 17.2 Å². The average Bonchev–Trinajstić information content (AvgIpc) is 2.92. The number of aromatic hydroxyl groups is 3. The summed E-state index contributed by atoms with van der Waals surface area (Å²) in [5.74, 6) is -5.96. The first-order chi connectivity index (χ1) is 20.2. The smallest absolute Gasteiger partial charge is 0.346 e. The molecule has 0 spiro atoms. The van der Waals surface area contributed by atoms with E-state index in [9.17, 15) is 28.3 Å². The summed E-state index contributed by atoms with van der Waals surface area (Å²) in [5.41, 5.74) is 5.57. The number of carboxylic acids is 3. The zero-order chi connectivity index (χ0) is 32.3. The van der Waals surface area contributed by atoms with Crippen LogP contribution in [-0.2, 0) is 4.79 Å². The largest absolute Gasteiger partial charge is 0.508 e. The normalized spacial score (nSPS) is 10.2. The summed E-state index contributed by atoms with van der Waals surface area (Å²) >= 11 is 0. The molecule has 8 N–H and O–H groups in total. The van der Waals surface area contributed by atoms with Crippen molar-refractivity contribution in [1.29, 1.82) is 5.26 Å². The molecule has 0 aliphatic heterocycles. The number of phenolic OH excluding ortho intramolecular Hbond substituents is 1. The van der Waals surface area contributed by atoms with E-state index in [2.05, 4.69) is 0 Å². The number of aromatic carboxylic acids is 2. The molecule has 13 heteroatoms. The molecule has 0 saturated heterocycles. The minimum Gasteiger partial charge on any atom is -0.508 e. The van der Waals surface area contributed by atoms with Crippen molar-refractivity contribution >= 4 is 29.7 Å². The lowest BCUT2D eigenvalue weighted by atomic mass is 10.0. The number of carboxylic acid groups (broad SMARTS) is 3.